The summed E-state index contributed by atoms with van der Waals surface area (Å²) in [6.45, 7) is 0.525. The Bertz CT molecular complexity index is 696. The summed E-state index contributed by atoms with van der Waals surface area (Å²) >= 11 is 0. The minimum absolute atomic E-state index is 0.0201. The van der Waals surface area contributed by atoms with Crippen molar-refractivity contribution in [2.75, 3.05) is 6.54 Å². The van der Waals surface area contributed by atoms with E-state index < -0.39 is 15.8 Å². The zero-order valence-corrected chi connectivity index (χ0v) is 12.4. The summed E-state index contributed by atoms with van der Waals surface area (Å²) in [5.74, 6) is -0.238. The minimum Gasteiger partial charge on any atom is -0.207 e. The first-order valence-corrected chi connectivity index (χ1v) is 8.69. The van der Waals surface area contributed by atoms with Crippen LogP contribution in [0.25, 0.3) is 0 Å². The molecule has 1 aromatic rings. The molecule has 1 aliphatic carbocycles. The van der Waals surface area contributed by atoms with Crippen LogP contribution in [0.1, 0.15) is 37.7 Å². The van der Waals surface area contributed by atoms with Crippen molar-refractivity contribution >= 4 is 10.0 Å². The van der Waals surface area contributed by atoms with Gasteiger partial charge in [-0.05, 0) is 43.4 Å². The summed E-state index contributed by atoms with van der Waals surface area (Å²) in [4.78, 5) is 0.0201. The van der Waals surface area contributed by atoms with E-state index in [1.165, 1.54) is 12.5 Å². The molecule has 2 aliphatic rings. The maximum Gasteiger partial charge on any atom is 0.243 e. The normalized spacial score (nSPS) is 26.3. The van der Waals surface area contributed by atoms with Gasteiger partial charge in [0.25, 0.3) is 0 Å². The number of hydrogen-bond acceptors (Lipinski definition) is 3. The average Bonchev–Trinajstić information content (AvgIpc) is 2.92. The third kappa shape index (κ3) is 2.45. The highest BCUT2D eigenvalue weighted by molar-refractivity contribution is 7.89. The molecule has 4 nitrogen and oxygen atoms in total. The lowest BCUT2D eigenvalue weighted by Gasteiger charge is -2.31. The van der Waals surface area contributed by atoms with Crippen LogP contribution in [0.3, 0.4) is 0 Å². The number of nitrogens with zero attached hydrogens (tertiary/aromatic N) is 2. The Morgan fingerprint density at radius 3 is 2.76 bits per heavy atom. The Morgan fingerprint density at radius 1 is 1.24 bits per heavy atom. The van der Waals surface area contributed by atoms with Crippen molar-refractivity contribution in [1.29, 1.82) is 5.26 Å². The topological polar surface area (TPSA) is 61.2 Å². The lowest BCUT2D eigenvalue weighted by molar-refractivity contribution is 0.260. The second kappa shape index (κ2) is 5.39. The van der Waals surface area contributed by atoms with Gasteiger partial charge >= 0.3 is 0 Å². The summed E-state index contributed by atoms with van der Waals surface area (Å²) in [6.07, 6.45) is 5.11. The molecule has 0 amide bonds. The fourth-order valence-corrected chi connectivity index (χ4v) is 5.30. The van der Waals surface area contributed by atoms with Gasteiger partial charge < -0.3 is 0 Å². The van der Waals surface area contributed by atoms with Crippen molar-refractivity contribution in [2.45, 2.75) is 43.0 Å². The molecule has 2 fully saturated rings. The van der Waals surface area contributed by atoms with Crippen molar-refractivity contribution in [1.82, 2.24) is 4.31 Å². The Hall–Kier alpha value is -1.45. The number of nitriles is 1. The van der Waals surface area contributed by atoms with E-state index in [4.69, 9.17) is 5.26 Å². The van der Waals surface area contributed by atoms with Gasteiger partial charge in [0, 0.05) is 12.6 Å². The molecule has 0 bridgehead atoms. The molecule has 1 heterocycles. The minimum atomic E-state index is -3.64. The predicted molar refractivity (Wildman–Crippen MR) is 75.4 cm³/mol. The van der Waals surface area contributed by atoms with Crippen LogP contribution < -0.4 is 0 Å². The standard InChI is InChI=1S/C15H17FN2O2S/c16-14-6-5-13(9-12(14)10-17)21(19,20)18-8-7-11-3-1-2-4-15(11)18/h5-6,9,11,15H,1-4,7-8H2. The van der Waals surface area contributed by atoms with Gasteiger partial charge in [-0.3, -0.25) is 0 Å². The van der Waals surface area contributed by atoms with Gasteiger partial charge in [0.1, 0.15) is 11.9 Å². The molecule has 1 aliphatic heterocycles. The van der Waals surface area contributed by atoms with Crippen LogP contribution >= 0.6 is 0 Å². The van der Waals surface area contributed by atoms with Gasteiger partial charge in [-0.2, -0.15) is 9.57 Å². The highest BCUT2D eigenvalue weighted by atomic mass is 32.2. The molecule has 1 aromatic carbocycles. The van der Waals surface area contributed by atoms with Crippen LogP contribution in [-0.4, -0.2) is 25.3 Å². The molecule has 0 radical (unpaired) electrons. The van der Waals surface area contributed by atoms with E-state index >= 15 is 0 Å². The maximum absolute atomic E-state index is 13.4. The lowest BCUT2D eigenvalue weighted by atomic mass is 9.86. The third-order valence-electron chi connectivity index (χ3n) is 4.62. The Balaban J connectivity index is 1.96. The van der Waals surface area contributed by atoms with Crippen molar-refractivity contribution in [3.63, 3.8) is 0 Å². The van der Waals surface area contributed by atoms with E-state index in [9.17, 15) is 12.8 Å². The Morgan fingerprint density at radius 2 is 2.00 bits per heavy atom. The van der Waals surface area contributed by atoms with Crippen molar-refractivity contribution < 1.29 is 12.8 Å². The SMILES string of the molecule is N#Cc1cc(S(=O)(=O)N2CCC3CCCCC32)ccc1F. The predicted octanol–water partition coefficient (Wildman–Crippen LogP) is 2.65. The third-order valence-corrected chi connectivity index (χ3v) is 6.54. The first kappa shape index (κ1) is 14.5. The van der Waals surface area contributed by atoms with E-state index in [0.29, 0.717) is 12.5 Å². The average molecular weight is 308 g/mol. The van der Waals surface area contributed by atoms with Crippen LogP contribution in [0.5, 0.6) is 0 Å². The van der Waals surface area contributed by atoms with Crippen molar-refractivity contribution in [3.05, 3.63) is 29.6 Å². The summed E-state index contributed by atoms with van der Waals surface area (Å²) < 4.78 is 40.5. The van der Waals surface area contributed by atoms with Crippen LogP contribution in [-0.2, 0) is 10.0 Å². The number of halogens is 1. The van der Waals surface area contributed by atoms with Gasteiger partial charge in [0.05, 0.1) is 10.5 Å². The van der Waals surface area contributed by atoms with Crippen LogP contribution in [0.4, 0.5) is 4.39 Å². The number of benzene rings is 1. The molecule has 0 N–H and O–H groups in total. The molecule has 0 spiro atoms. The quantitative estimate of drug-likeness (QED) is 0.844. The summed E-state index contributed by atoms with van der Waals surface area (Å²) in [5, 5.41) is 8.86. The van der Waals surface area contributed by atoms with Gasteiger partial charge in [0.15, 0.2) is 0 Å². The molecule has 2 atom stereocenters. The smallest absolute Gasteiger partial charge is 0.207 e. The molecule has 2 unspecified atom stereocenters. The second-order valence-corrected chi connectivity index (χ2v) is 7.66. The first-order chi connectivity index (χ1) is 10.0. The van der Waals surface area contributed by atoms with Gasteiger partial charge in [-0.25, -0.2) is 12.8 Å². The van der Waals surface area contributed by atoms with Gasteiger partial charge in [-0.15, -0.1) is 0 Å². The van der Waals surface area contributed by atoms with Gasteiger partial charge in [0.2, 0.25) is 10.0 Å². The summed E-state index contributed by atoms with van der Waals surface area (Å²) in [6, 6.07) is 5.21. The Labute approximate surface area is 124 Å². The molecule has 3 rings (SSSR count). The second-order valence-electron chi connectivity index (χ2n) is 5.77. The molecule has 1 saturated carbocycles. The number of hydrogen-bond donors (Lipinski definition) is 0. The molecule has 1 saturated heterocycles. The molecule has 21 heavy (non-hydrogen) atoms. The number of sulfonamides is 1. The Kier molecular flexibility index (Phi) is 3.72. The number of fused-ring (bicyclic) bond motifs is 1. The van der Waals surface area contributed by atoms with Crippen molar-refractivity contribution in [2.24, 2.45) is 5.92 Å². The zero-order chi connectivity index (χ0) is 15.0. The summed E-state index contributed by atoms with van der Waals surface area (Å²) in [7, 11) is -3.64. The molecule has 112 valence electrons. The highest BCUT2D eigenvalue weighted by Gasteiger charge is 2.42. The monoisotopic (exact) mass is 308 g/mol. The number of rotatable bonds is 2. The van der Waals surface area contributed by atoms with Gasteiger partial charge in [-0.1, -0.05) is 12.8 Å². The maximum atomic E-state index is 13.4. The van der Waals surface area contributed by atoms with Crippen LogP contribution in [0.2, 0.25) is 0 Å². The fourth-order valence-electron chi connectivity index (χ4n) is 3.55. The van der Waals surface area contributed by atoms with E-state index in [-0.39, 0.29) is 16.5 Å². The first-order valence-electron chi connectivity index (χ1n) is 7.25. The van der Waals surface area contributed by atoms with E-state index in [0.717, 1.165) is 37.8 Å². The molecular weight excluding hydrogens is 291 g/mol. The molecule has 0 aromatic heterocycles. The fraction of sp³-hybridized carbons (Fsp3) is 0.533. The molecular formula is C15H17FN2O2S. The highest BCUT2D eigenvalue weighted by Crippen LogP contribution is 2.39. The van der Waals surface area contributed by atoms with Crippen LogP contribution in [0.15, 0.2) is 23.1 Å². The van der Waals surface area contributed by atoms with E-state index in [1.807, 2.05) is 0 Å². The van der Waals surface area contributed by atoms with Crippen molar-refractivity contribution in [3.8, 4) is 6.07 Å². The lowest BCUT2D eigenvalue weighted by Crippen LogP contribution is -2.39. The largest absolute Gasteiger partial charge is 0.243 e. The zero-order valence-electron chi connectivity index (χ0n) is 11.6. The molecule has 6 heteroatoms. The van der Waals surface area contributed by atoms with E-state index in [2.05, 4.69) is 0 Å². The van der Waals surface area contributed by atoms with Crippen LogP contribution in [0, 0.1) is 23.1 Å². The van der Waals surface area contributed by atoms with E-state index in [1.54, 1.807) is 10.4 Å². The summed E-state index contributed by atoms with van der Waals surface area (Å²) in [5.41, 5.74) is -0.226.